The summed E-state index contributed by atoms with van der Waals surface area (Å²) in [6, 6.07) is 50.8. The van der Waals surface area contributed by atoms with Crippen LogP contribution >= 0.6 is 0 Å². The molecular weight excluding hydrogens is 524 g/mol. The van der Waals surface area contributed by atoms with E-state index in [0.717, 1.165) is 33.8 Å². The molecule has 8 rings (SSSR count). The Morgan fingerprint density at radius 1 is 0.419 bits per heavy atom. The number of hydrogen-bond donors (Lipinski definition) is 0. The molecular formula is C39H26N4. The third-order valence-electron chi connectivity index (χ3n) is 7.91. The summed E-state index contributed by atoms with van der Waals surface area (Å²) in [6.45, 7) is 0. The van der Waals surface area contributed by atoms with Crippen LogP contribution in [0.2, 0.25) is 0 Å². The van der Waals surface area contributed by atoms with Crippen molar-refractivity contribution in [1.29, 1.82) is 0 Å². The molecule has 0 atom stereocenters. The molecule has 0 amide bonds. The minimum atomic E-state index is 0.648. The van der Waals surface area contributed by atoms with Gasteiger partial charge in [0.2, 0.25) is 0 Å². The highest BCUT2D eigenvalue weighted by atomic mass is 15.0. The maximum Gasteiger partial charge on any atom is 0.161 e. The van der Waals surface area contributed by atoms with Crippen LogP contribution in [0.3, 0.4) is 0 Å². The predicted octanol–water partition coefficient (Wildman–Crippen LogP) is 9.64. The summed E-state index contributed by atoms with van der Waals surface area (Å²) >= 11 is 0. The summed E-state index contributed by atoms with van der Waals surface area (Å²) in [7, 11) is 0. The average molecular weight is 551 g/mol. The molecule has 0 saturated carbocycles. The highest BCUT2D eigenvalue weighted by Crippen LogP contribution is 2.34. The van der Waals surface area contributed by atoms with Gasteiger partial charge in [-0.1, -0.05) is 103 Å². The lowest BCUT2D eigenvalue weighted by atomic mass is 10.0. The third-order valence-corrected chi connectivity index (χ3v) is 7.91. The number of aromatic nitrogens is 4. The van der Waals surface area contributed by atoms with E-state index in [9.17, 15) is 0 Å². The molecule has 0 aliphatic rings. The number of para-hydroxylation sites is 2. The van der Waals surface area contributed by atoms with E-state index in [1.165, 1.54) is 32.9 Å². The molecule has 0 bridgehead atoms. The second kappa shape index (κ2) is 10.5. The number of benzene rings is 5. The zero-order valence-electron chi connectivity index (χ0n) is 23.3. The standard InChI is InChI=1S/C39H26N4/c1-2-10-27(11-3-1)28-19-21-29(22-20-28)35-25-36(42-39(41-35)31-13-9-23-40-26-31)30-12-8-14-32(24-30)43-37-17-6-4-15-33(37)34-16-5-7-18-38(34)43/h1-26H. The molecule has 3 heterocycles. The maximum atomic E-state index is 5.05. The molecule has 0 radical (unpaired) electrons. The molecule has 202 valence electrons. The van der Waals surface area contributed by atoms with Gasteiger partial charge in [-0.05, 0) is 53.6 Å². The van der Waals surface area contributed by atoms with Crippen LogP contribution in [-0.2, 0) is 0 Å². The van der Waals surface area contributed by atoms with E-state index in [0.29, 0.717) is 5.82 Å². The Hall–Kier alpha value is -5.87. The smallest absolute Gasteiger partial charge is 0.161 e. The van der Waals surface area contributed by atoms with Crippen molar-refractivity contribution in [2.45, 2.75) is 0 Å². The van der Waals surface area contributed by atoms with E-state index in [1.54, 1.807) is 6.20 Å². The van der Waals surface area contributed by atoms with E-state index in [4.69, 9.17) is 9.97 Å². The Labute approximate surface area is 249 Å². The second-order valence-corrected chi connectivity index (χ2v) is 10.6. The Morgan fingerprint density at radius 3 is 1.70 bits per heavy atom. The lowest BCUT2D eigenvalue weighted by Crippen LogP contribution is -1.98. The number of pyridine rings is 1. The number of fused-ring (bicyclic) bond motifs is 3. The normalized spacial score (nSPS) is 11.3. The molecule has 0 fully saturated rings. The van der Waals surface area contributed by atoms with Crippen molar-refractivity contribution >= 4 is 21.8 Å². The number of nitrogens with zero attached hydrogens (tertiary/aromatic N) is 4. The third kappa shape index (κ3) is 4.55. The quantitative estimate of drug-likeness (QED) is 0.214. The van der Waals surface area contributed by atoms with Crippen LogP contribution in [0.1, 0.15) is 0 Å². The fourth-order valence-corrected chi connectivity index (χ4v) is 5.84. The minimum absolute atomic E-state index is 0.648. The summed E-state index contributed by atoms with van der Waals surface area (Å²) < 4.78 is 2.33. The van der Waals surface area contributed by atoms with E-state index in [2.05, 4.69) is 137 Å². The largest absolute Gasteiger partial charge is 0.309 e. The molecule has 43 heavy (non-hydrogen) atoms. The molecule has 0 saturated heterocycles. The monoisotopic (exact) mass is 550 g/mol. The zero-order chi connectivity index (χ0) is 28.6. The Kier molecular flexibility index (Phi) is 6.08. The van der Waals surface area contributed by atoms with Gasteiger partial charge < -0.3 is 4.57 Å². The summed E-state index contributed by atoms with van der Waals surface area (Å²) in [6.07, 6.45) is 3.58. The van der Waals surface area contributed by atoms with Gasteiger partial charge in [-0.2, -0.15) is 0 Å². The number of rotatable bonds is 5. The van der Waals surface area contributed by atoms with Gasteiger partial charge in [0.25, 0.3) is 0 Å². The first-order valence-corrected chi connectivity index (χ1v) is 14.4. The molecule has 4 heteroatoms. The lowest BCUT2D eigenvalue weighted by molar-refractivity contribution is 1.16. The highest BCUT2D eigenvalue weighted by molar-refractivity contribution is 6.09. The van der Waals surface area contributed by atoms with E-state index < -0.39 is 0 Å². The van der Waals surface area contributed by atoms with Crippen LogP contribution in [0.25, 0.3) is 72.5 Å². The maximum absolute atomic E-state index is 5.05. The van der Waals surface area contributed by atoms with Crippen LogP contribution in [0, 0.1) is 0 Å². The average Bonchev–Trinajstić information content (AvgIpc) is 3.43. The summed E-state index contributed by atoms with van der Waals surface area (Å²) in [5.74, 6) is 0.648. The molecule has 5 aromatic carbocycles. The summed E-state index contributed by atoms with van der Waals surface area (Å²) in [5.41, 5.74) is 10.5. The van der Waals surface area contributed by atoms with Gasteiger partial charge in [-0.3, -0.25) is 4.98 Å². The van der Waals surface area contributed by atoms with Crippen molar-refractivity contribution in [2.24, 2.45) is 0 Å². The van der Waals surface area contributed by atoms with Crippen molar-refractivity contribution in [1.82, 2.24) is 19.5 Å². The van der Waals surface area contributed by atoms with Gasteiger partial charge in [0.15, 0.2) is 5.82 Å². The first-order valence-electron chi connectivity index (χ1n) is 14.4. The zero-order valence-corrected chi connectivity index (χ0v) is 23.3. The first kappa shape index (κ1) is 24.9. The van der Waals surface area contributed by atoms with Crippen molar-refractivity contribution in [3.63, 3.8) is 0 Å². The SMILES string of the molecule is c1ccc(-c2ccc(-c3cc(-c4cccc(-n5c6ccccc6c6ccccc65)c4)nc(-c4cccnc4)n3)cc2)cc1. The fraction of sp³-hybridized carbons (Fsp3) is 0. The van der Waals surface area contributed by atoms with Crippen LogP contribution in [0.15, 0.2) is 158 Å². The topological polar surface area (TPSA) is 43.6 Å². The molecule has 0 aliphatic carbocycles. The molecule has 0 spiro atoms. The van der Waals surface area contributed by atoms with Gasteiger partial charge >= 0.3 is 0 Å². The molecule has 0 N–H and O–H groups in total. The van der Waals surface area contributed by atoms with E-state index >= 15 is 0 Å². The Bertz CT molecular complexity index is 2160. The Balaban J connectivity index is 1.27. The summed E-state index contributed by atoms with van der Waals surface area (Å²) in [4.78, 5) is 14.4. The van der Waals surface area contributed by atoms with Gasteiger partial charge in [-0.15, -0.1) is 0 Å². The van der Waals surface area contributed by atoms with Crippen molar-refractivity contribution in [3.8, 4) is 50.7 Å². The fourth-order valence-electron chi connectivity index (χ4n) is 5.84. The van der Waals surface area contributed by atoms with Crippen LogP contribution in [0.5, 0.6) is 0 Å². The minimum Gasteiger partial charge on any atom is -0.309 e. The van der Waals surface area contributed by atoms with Crippen molar-refractivity contribution in [3.05, 3.63) is 158 Å². The Morgan fingerprint density at radius 2 is 1.00 bits per heavy atom. The molecule has 8 aromatic rings. The second-order valence-electron chi connectivity index (χ2n) is 10.6. The molecule has 4 nitrogen and oxygen atoms in total. The van der Waals surface area contributed by atoms with E-state index in [-0.39, 0.29) is 0 Å². The number of hydrogen-bond acceptors (Lipinski definition) is 3. The van der Waals surface area contributed by atoms with E-state index in [1.807, 2.05) is 24.4 Å². The predicted molar refractivity (Wildman–Crippen MR) is 176 cm³/mol. The first-order chi connectivity index (χ1) is 21.3. The van der Waals surface area contributed by atoms with Gasteiger partial charge in [0.1, 0.15) is 0 Å². The molecule has 0 aliphatic heterocycles. The summed E-state index contributed by atoms with van der Waals surface area (Å²) in [5, 5.41) is 2.48. The van der Waals surface area contributed by atoms with Gasteiger partial charge in [0.05, 0.1) is 22.4 Å². The van der Waals surface area contributed by atoms with Crippen molar-refractivity contribution < 1.29 is 0 Å². The van der Waals surface area contributed by atoms with Crippen molar-refractivity contribution in [2.75, 3.05) is 0 Å². The van der Waals surface area contributed by atoms with Crippen LogP contribution in [-0.4, -0.2) is 19.5 Å². The van der Waals surface area contributed by atoms with Gasteiger partial charge in [0, 0.05) is 45.5 Å². The molecule has 3 aromatic heterocycles. The van der Waals surface area contributed by atoms with Crippen LogP contribution < -0.4 is 0 Å². The van der Waals surface area contributed by atoms with Gasteiger partial charge in [-0.25, -0.2) is 9.97 Å². The van der Waals surface area contributed by atoms with Crippen LogP contribution in [0.4, 0.5) is 0 Å². The highest BCUT2D eigenvalue weighted by Gasteiger charge is 2.14. The lowest BCUT2D eigenvalue weighted by Gasteiger charge is -2.12. The molecule has 0 unspecified atom stereocenters.